The molecule has 0 spiro atoms. The van der Waals surface area contributed by atoms with Crippen molar-refractivity contribution in [2.45, 2.75) is 66.0 Å². The van der Waals surface area contributed by atoms with E-state index in [1.165, 1.54) is 10.6 Å². The first kappa shape index (κ1) is 28.4. The molecule has 7 nitrogen and oxygen atoms in total. The van der Waals surface area contributed by atoms with Crippen LogP contribution in [0.25, 0.3) is 0 Å². The first-order chi connectivity index (χ1) is 16.6. The van der Waals surface area contributed by atoms with Crippen LogP contribution in [0, 0.1) is 13.8 Å². The minimum absolute atomic E-state index is 0.140. The summed E-state index contributed by atoms with van der Waals surface area (Å²) >= 11 is 0. The van der Waals surface area contributed by atoms with E-state index in [-0.39, 0.29) is 24.8 Å². The minimum atomic E-state index is -3.50. The van der Waals surface area contributed by atoms with Gasteiger partial charge < -0.3 is 10.2 Å². The molecule has 2 aromatic carbocycles. The predicted molar refractivity (Wildman–Crippen MR) is 142 cm³/mol. The van der Waals surface area contributed by atoms with Crippen molar-refractivity contribution in [3.63, 3.8) is 0 Å². The SMILES string of the molecule is CCCNC(=O)C(CC)N(Cc1ccc(C)cc1)C(=O)CCCN(c1ccc(C)cc1)S(C)(=O)=O. The summed E-state index contributed by atoms with van der Waals surface area (Å²) in [6, 6.07) is 14.6. The number of rotatable bonds is 13. The van der Waals surface area contributed by atoms with E-state index < -0.39 is 16.1 Å². The summed E-state index contributed by atoms with van der Waals surface area (Å²) in [6.07, 6.45) is 2.96. The van der Waals surface area contributed by atoms with Gasteiger partial charge in [0.2, 0.25) is 21.8 Å². The van der Waals surface area contributed by atoms with Gasteiger partial charge in [0.15, 0.2) is 0 Å². The van der Waals surface area contributed by atoms with E-state index in [4.69, 9.17) is 0 Å². The summed E-state index contributed by atoms with van der Waals surface area (Å²) in [5, 5.41) is 2.91. The Labute approximate surface area is 210 Å². The van der Waals surface area contributed by atoms with Crippen molar-refractivity contribution in [1.82, 2.24) is 10.2 Å². The topological polar surface area (TPSA) is 86.8 Å². The van der Waals surface area contributed by atoms with E-state index in [0.717, 1.165) is 23.1 Å². The van der Waals surface area contributed by atoms with Crippen LogP contribution < -0.4 is 9.62 Å². The monoisotopic (exact) mass is 501 g/mol. The largest absolute Gasteiger partial charge is 0.354 e. The van der Waals surface area contributed by atoms with Crippen LogP contribution in [0.5, 0.6) is 0 Å². The summed E-state index contributed by atoms with van der Waals surface area (Å²) in [6.45, 7) is 8.89. The Balaban J connectivity index is 2.18. The third-order valence-corrected chi connectivity index (χ3v) is 7.08. The molecule has 0 aromatic heterocycles. The van der Waals surface area contributed by atoms with Crippen molar-refractivity contribution in [2.24, 2.45) is 0 Å². The normalized spacial score (nSPS) is 12.1. The van der Waals surface area contributed by atoms with Crippen molar-refractivity contribution < 1.29 is 18.0 Å². The molecule has 0 aliphatic rings. The molecular weight excluding hydrogens is 462 g/mol. The third-order valence-electron chi connectivity index (χ3n) is 5.88. The summed E-state index contributed by atoms with van der Waals surface area (Å²) < 4.78 is 26.2. The lowest BCUT2D eigenvalue weighted by atomic mass is 10.1. The van der Waals surface area contributed by atoms with Gasteiger partial charge in [-0.25, -0.2) is 8.42 Å². The van der Waals surface area contributed by atoms with Gasteiger partial charge in [0.05, 0.1) is 11.9 Å². The number of aryl methyl sites for hydroxylation is 2. The highest BCUT2D eigenvalue weighted by molar-refractivity contribution is 7.92. The van der Waals surface area contributed by atoms with Gasteiger partial charge in [-0.3, -0.25) is 13.9 Å². The fourth-order valence-electron chi connectivity index (χ4n) is 3.89. The molecule has 0 aliphatic heterocycles. The van der Waals surface area contributed by atoms with E-state index in [1.54, 1.807) is 17.0 Å². The summed E-state index contributed by atoms with van der Waals surface area (Å²) in [7, 11) is -3.50. The van der Waals surface area contributed by atoms with Crippen molar-refractivity contribution in [1.29, 1.82) is 0 Å². The van der Waals surface area contributed by atoms with Crippen molar-refractivity contribution in [3.8, 4) is 0 Å². The number of hydrogen-bond acceptors (Lipinski definition) is 4. The molecule has 1 unspecified atom stereocenters. The predicted octanol–water partition coefficient (Wildman–Crippen LogP) is 4.18. The number of amides is 2. The zero-order chi connectivity index (χ0) is 26.0. The molecule has 0 saturated carbocycles. The number of benzene rings is 2. The molecule has 0 aliphatic carbocycles. The van der Waals surface area contributed by atoms with Crippen molar-refractivity contribution in [3.05, 3.63) is 65.2 Å². The number of nitrogens with zero attached hydrogens (tertiary/aromatic N) is 2. The van der Waals surface area contributed by atoms with E-state index in [2.05, 4.69) is 5.32 Å². The minimum Gasteiger partial charge on any atom is -0.354 e. The highest BCUT2D eigenvalue weighted by Gasteiger charge is 2.28. The Kier molecular flexibility index (Phi) is 10.8. The lowest BCUT2D eigenvalue weighted by Gasteiger charge is -2.31. The van der Waals surface area contributed by atoms with Crippen LogP contribution in [-0.4, -0.2) is 50.5 Å². The number of sulfonamides is 1. The van der Waals surface area contributed by atoms with Gasteiger partial charge in [-0.2, -0.15) is 0 Å². The molecule has 2 amide bonds. The van der Waals surface area contributed by atoms with Crippen LogP contribution in [0.1, 0.15) is 56.2 Å². The van der Waals surface area contributed by atoms with Gasteiger partial charge in [0, 0.05) is 26.1 Å². The van der Waals surface area contributed by atoms with E-state index in [0.29, 0.717) is 31.6 Å². The molecule has 2 aromatic rings. The molecule has 0 fully saturated rings. The van der Waals surface area contributed by atoms with Crippen LogP contribution in [0.4, 0.5) is 5.69 Å². The number of carbonyl (C=O) groups excluding carboxylic acids is 2. The molecule has 2 rings (SSSR count). The summed E-state index contributed by atoms with van der Waals surface area (Å²) in [5.41, 5.74) is 3.68. The smallest absolute Gasteiger partial charge is 0.242 e. The van der Waals surface area contributed by atoms with E-state index in [1.807, 2.05) is 64.1 Å². The number of carbonyl (C=O) groups is 2. The van der Waals surface area contributed by atoms with E-state index in [9.17, 15) is 18.0 Å². The fraction of sp³-hybridized carbons (Fsp3) is 0.481. The second-order valence-electron chi connectivity index (χ2n) is 9.00. The van der Waals surface area contributed by atoms with Gasteiger partial charge in [0.1, 0.15) is 6.04 Å². The van der Waals surface area contributed by atoms with Gasteiger partial charge in [0.25, 0.3) is 0 Å². The van der Waals surface area contributed by atoms with Crippen LogP contribution in [0.15, 0.2) is 48.5 Å². The van der Waals surface area contributed by atoms with Crippen molar-refractivity contribution in [2.75, 3.05) is 23.7 Å². The highest BCUT2D eigenvalue weighted by Crippen LogP contribution is 2.20. The lowest BCUT2D eigenvalue weighted by molar-refractivity contribution is -0.141. The Hall–Kier alpha value is -2.87. The molecule has 35 heavy (non-hydrogen) atoms. The standard InChI is InChI=1S/C27H39N3O4S/c1-6-18-28-27(32)25(7-2)29(20-23-14-10-21(3)11-15-23)26(31)9-8-19-30(35(5,33)34)24-16-12-22(4)13-17-24/h10-17,25H,6-9,18-20H2,1-5H3,(H,28,32). The zero-order valence-electron chi connectivity index (χ0n) is 21.6. The molecule has 0 saturated heterocycles. The average molecular weight is 502 g/mol. The number of hydrogen-bond donors (Lipinski definition) is 1. The Bertz CT molecular complexity index is 1070. The number of nitrogens with one attached hydrogen (secondary N) is 1. The molecule has 192 valence electrons. The van der Waals surface area contributed by atoms with E-state index >= 15 is 0 Å². The Morgan fingerprint density at radius 1 is 0.943 bits per heavy atom. The molecule has 0 radical (unpaired) electrons. The van der Waals surface area contributed by atoms with Gasteiger partial charge in [-0.05, 0) is 50.8 Å². The summed E-state index contributed by atoms with van der Waals surface area (Å²) in [4.78, 5) is 27.9. The molecule has 1 N–H and O–H groups in total. The first-order valence-electron chi connectivity index (χ1n) is 12.2. The van der Waals surface area contributed by atoms with Gasteiger partial charge >= 0.3 is 0 Å². The number of anilines is 1. The lowest BCUT2D eigenvalue weighted by Crippen LogP contribution is -2.49. The van der Waals surface area contributed by atoms with Gasteiger partial charge in [-0.1, -0.05) is 61.4 Å². The van der Waals surface area contributed by atoms with Crippen LogP contribution >= 0.6 is 0 Å². The molecule has 0 bridgehead atoms. The maximum Gasteiger partial charge on any atom is 0.242 e. The zero-order valence-corrected chi connectivity index (χ0v) is 22.4. The molecule has 8 heteroatoms. The Morgan fingerprint density at radius 3 is 2.03 bits per heavy atom. The third kappa shape index (κ3) is 8.69. The summed E-state index contributed by atoms with van der Waals surface area (Å²) in [5.74, 6) is -0.325. The quantitative estimate of drug-likeness (QED) is 0.446. The first-order valence-corrected chi connectivity index (χ1v) is 14.1. The second kappa shape index (κ2) is 13.3. The molecular formula is C27H39N3O4S. The molecule has 0 heterocycles. The van der Waals surface area contributed by atoms with Crippen LogP contribution in [0.3, 0.4) is 0 Å². The highest BCUT2D eigenvalue weighted by atomic mass is 32.2. The fourth-order valence-corrected chi connectivity index (χ4v) is 4.86. The maximum absolute atomic E-state index is 13.4. The second-order valence-corrected chi connectivity index (χ2v) is 10.9. The van der Waals surface area contributed by atoms with Crippen molar-refractivity contribution >= 4 is 27.5 Å². The van der Waals surface area contributed by atoms with Gasteiger partial charge in [-0.15, -0.1) is 0 Å². The maximum atomic E-state index is 13.4. The van der Waals surface area contributed by atoms with Crippen LogP contribution in [0.2, 0.25) is 0 Å². The average Bonchev–Trinajstić information content (AvgIpc) is 2.81. The molecule has 1 atom stereocenters. The van der Waals surface area contributed by atoms with Crippen LogP contribution in [-0.2, 0) is 26.2 Å². The Morgan fingerprint density at radius 2 is 1.51 bits per heavy atom.